The van der Waals surface area contributed by atoms with Gasteiger partial charge in [0.25, 0.3) is 5.69 Å². The van der Waals surface area contributed by atoms with Gasteiger partial charge in [-0.1, -0.05) is 28.1 Å². The second-order valence-electron chi connectivity index (χ2n) is 7.02. The first kappa shape index (κ1) is 22.8. The fourth-order valence-corrected chi connectivity index (χ4v) is 4.99. The van der Waals surface area contributed by atoms with Crippen LogP contribution in [0.25, 0.3) is 0 Å². The van der Waals surface area contributed by atoms with Crippen molar-refractivity contribution in [1.82, 2.24) is 9.21 Å². The van der Waals surface area contributed by atoms with Crippen molar-refractivity contribution in [1.29, 1.82) is 0 Å². The molecule has 1 aliphatic rings. The van der Waals surface area contributed by atoms with Crippen LogP contribution < -0.4 is 0 Å². The average Bonchev–Trinajstić information content (AvgIpc) is 2.74. The smallest absolute Gasteiger partial charge is 0.269 e. The van der Waals surface area contributed by atoms with Gasteiger partial charge in [-0.25, -0.2) is 8.42 Å². The Morgan fingerprint density at radius 3 is 2.30 bits per heavy atom. The summed E-state index contributed by atoms with van der Waals surface area (Å²) in [5.74, 6) is 0. The Kier molecular flexibility index (Phi) is 7.95. The normalized spacial score (nSPS) is 15.4. The number of nitro groups is 1. The molecule has 0 saturated carbocycles. The van der Waals surface area contributed by atoms with E-state index >= 15 is 0 Å². The first-order chi connectivity index (χ1) is 14.4. The number of non-ortho nitro benzene ring substituents is 1. The van der Waals surface area contributed by atoms with Gasteiger partial charge in [0.15, 0.2) is 0 Å². The summed E-state index contributed by atoms with van der Waals surface area (Å²) in [6.45, 7) is 4.39. The lowest BCUT2D eigenvalue weighted by molar-refractivity contribution is -0.384. The van der Waals surface area contributed by atoms with Gasteiger partial charge in [-0.2, -0.15) is 4.31 Å². The summed E-state index contributed by atoms with van der Waals surface area (Å²) in [6, 6.07) is 12.5. The van der Waals surface area contributed by atoms with Crippen LogP contribution in [-0.2, 0) is 21.3 Å². The summed E-state index contributed by atoms with van der Waals surface area (Å²) in [6.07, 6.45) is 0.683. The van der Waals surface area contributed by atoms with E-state index in [1.54, 1.807) is 36.4 Å². The maximum absolute atomic E-state index is 13.3. The van der Waals surface area contributed by atoms with E-state index in [2.05, 4.69) is 20.8 Å². The third-order valence-corrected chi connectivity index (χ3v) is 7.33. The highest BCUT2D eigenvalue weighted by Crippen LogP contribution is 2.22. The summed E-state index contributed by atoms with van der Waals surface area (Å²) in [7, 11) is -3.71. The molecule has 0 aliphatic carbocycles. The number of benzene rings is 2. The van der Waals surface area contributed by atoms with Crippen LogP contribution in [0.15, 0.2) is 57.9 Å². The van der Waals surface area contributed by atoms with Gasteiger partial charge in [-0.3, -0.25) is 15.0 Å². The van der Waals surface area contributed by atoms with E-state index in [1.165, 1.54) is 16.4 Å². The zero-order valence-electron chi connectivity index (χ0n) is 16.4. The molecule has 2 aromatic rings. The Labute approximate surface area is 184 Å². The number of sulfonamides is 1. The number of hydrogen-bond acceptors (Lipinski definition) is 6. The van der Waals surface area contributed by atoms with Gasteiger partial charge in [-0.05, 0) is 42.8 Å². The lowest BCUT2D eigenvalue weighted by Gasteiger charge is -2.28. The number of halogens is 1. The Morgan fingerprint density at radius 1 is 1.07 bits per heavy atom. The van der Waals surface area contributed by atoms with Crippen molar-refractivity contribution in [2.75, 3.05) is 39.4 Å². The fourth-order valence-electron chi connectivity index (χ4n) is 3.26. The molecule has 1 heterocycles. The van der Waals surface area contributed by atoms with Crippen LogP contribution in [0.4, 0.5) is 5.69 Å². The number of rotatable bonds is 9. The zero-order chi connectivity index (χ0) is 21.6. The molecule has 0 atom stereocenters. The molecule has 0 unspecified atom stereocenters. The Morgan fingerprint density at radius 2 is 1.70 bits per heavy atom. The van der Waals surface area contributed by atoms with E-state index in [9.17, 15) is 18.5 Å². The van der Waals surface area contributed by atoms with Crippen molar-refractivity contribution < 1.29 is 18.1 Å². The van der Waals surface area contributed by atoms with Gasteiger partial charge in [-0.15, -0.1) is 0 Å². The molecule has 2 aromatic carbocycles. The monoisotopic (exact) mass is 497 g/mol. The minimum Gasteiger partial charge on any atom is -0.379 e. The molecule has 3 rings (SSSR count). The molecular formula is C20H24BrN3O5S. The summed E-state index contributed by atoms with van der Waals surface area (Å²) in [5, 5.41) is 10.9. The SMILES string of the molecule is O=[N+]([O-])c1ccc(CN(CCCN2CCOCC2)S(=O)(=O)c2ccc(Br)cc2)cc1. The summed E-state index contributed by atoms with van der Waals surface area (Å²) >= 11 is 3.33. The molecule has 8 nitrogen and oxygen atoms in total. The Hall–Kier alpha value is -1.85. The predicted molar refractivity (Wildman–Crippen MR) is 117 cm³/mol. The van der Waals surface area contributed by atoms with E-state index in [-0.39, 0.29) is 17.1 Å². The van der Waals surface area contributed by atoms with Gasteiger partial charge in [0.1, 0.15) is 0 Å². The van der Waals surface area contributed by atoms with Crippen LogP contribution in [0.5, 0.6) is 0 Å². The van der Waals surface area contributed by atoms with Gasteiger partial charge < -0.3 is 4.74 Å². The molecule has 1 aliphatic heterocycles. The van der Waals surface area contributed by atoms with Crippen LogP contribution in [0.3, 0.4) is 0 Å². The van der Waals surface area contributed by atoms with Crippen molar-refractivity contribution >= 4 is 31.6 Å². The highest BCUT2D eigenvalue weighted by atomic mass is 79.9. The molecule has 1 saturated heterocycles. The zero-order valence-corrected chi connectivity index (χ0v) is 18.8. The van der Waals surface area contributed by atoms with Crippen LogP contribution in [-0.4, -0.2) is 61.9 Å². The third-order valence-electron chi connectivity index (χ3n) is 4.94. The topological polar surface area (TPSA) is 93.0 Å². The van der Waals surface area contributed by atoms with Gasteiger partial charge in [0, 0.05) is 42.8 Å². The molecule has 30 heavy (non-hydrogen) atoms. The van der Waals surface area contributed by atoms with Gasteiger partial charge >= 0.3 is 0 Å². The quantitative estimate of drug-likeness (QED) is 0.389. The highest BCUT2D eigenvalue weighted by Gasteiger charge is 2.25. The van der Waals surface area contributed by atoms with Crippen LogP contribution in [0.2, 0.25) is 0 Å². The number of nitro benzene ring substituents is 1. The molecule has 0 spiro atoms. The van der Waals surface area contributed by atoms with Crippen molar-refractivity contribution in [3.05, 3.63) is 68.7 Å². The van der Waals surface area contributed by atoms with E-state index in [1.807, 2.05) is 0 Å². The Balaban J connectivity index is 1.76. The molecule has 162 valence electrons. The molecule has 0 bridgehead atoms. The predicted octanol–water partition coefficient (Wildman–Crippen LogP) is 3.27. The molecular weight excluding hydrogens is 474 g/mol. The number of morpholine rings is 1. The maximum atomic E-state index is 13.3. The maximum Gasteiger partial charge on any atom is 0.269 e. The average molecular weight is 498 g/mol. The number of hydrogen-bond donors (Lipinski definition) is 0. The minimum atomic E-state index is -3.71. The summed E-state index contributed by atoms with van der Waals surface area (Å²) in [4.78, 5) is 12.9. The lowest BCUT2D eigenvalue weighted by Crippen LogP contribution is -2.39. The largest absolute Gasteiger partial charge is 0.379 e. The van der Waals surface area contributed by atoms with E-state index < -0.39 is 14.9 Å². The highest BCUT2D eigenvalue weighted by molar-refractivity contribution is 9.10. The van der Waals surface area contributed by atoms with Crippen molar-refractivity contribution in [3.63, 3.8) is 0 Å². The molecule has 0 aromatic heterocycles. The summed E-state index contributed by atoms with van der Waals surface area (Å²) < 4.78 is 34.1. The van der Waals surface area contributed by atoms with Crippen molar-refractivity contribution in [2.24, 2.45) is 0 Å². The summed E-state index contributed by atoms with van der Waals surface area (Å²) in [5.41, 5.74) is 0.682. The van der Waals surface area contributed by atoms with E-state index in [0.29, 0.717) is 31.7 Å². The van der Waals surface area contributed by atoms with Crippen molar-refractivity contribution in [3.8, 4) is 0 Å². The second kappa shape index (κ2) is 10.5. The van der Waals surface area contributed by atoms with Crippen molar-refractivity contribution in [2.45, 2.75) is 17.9 Å². The molecule has 10 heteroatoms. The lowest BCUT2D eigenvalue weighted by atomic mass is 10.2. The second-order valence-corrected chi connectivity index (χ2v) is 9.88. The Bertz CT molecular complexity index is 945. The molecule has 0 N–H and O–H groups in total. The standard InChI is InChI=1S/C20H24BrN3O5S/c21-18-4-8-20(9-5-18)30(27,28)23(11-1-10-22-12-14-29-15-13-22)16-17-2-6-19(7-3-17)24(25)26/h2-9H,1,10-16H2. The minimum absolute atomic E-state index is 0.0200. The molecule has 1 fully saturated rings. The van der Waals surface area contributed by atoms with Crippen LogP contribution in [0, 0.1) is 10.1 Å². The van der Waals surface area contributed by atoms with Crippen LogP contribution >= 0.6 is 15.9 Å². The number of ether oxygens (including phenoxy) is 1. The fraction of sp³-hybridized carbons (Fsp3) is 0.400. The van der Waals surface area contributed by atoms with E-state index in [4.69, 9.17) is 4.74 Å². The number of nitrogens with zero attached hydrogens (tertiary/aromatic N) is 3. The van der Waals surface area contributed by atoms with Gasteiger partial charge in [0.05, 0.1) is 23.0 Å². The third kappa shape index (κ3) is 6.08. The first-order valence-electron chi connectivity index (χ1n) is 9.65. The molecule has 0 radical (unpaired) electrons. The van der Waals surface area contributed by atoms with E-state index in [0.717, 1.165) is 24.1 Å². The van der Waals surface area contributed by atoms with Gasteiger partial charge in [0.2, 0.25) is 10.0 Å². The first-order valence-corrected chi connectivity index (χ1v) is 11.9. The molecule has 0 amide bonds. The van der Waals surface area contributed by atoms with Crippen LogP contribution in [0.1, 0.15) is 12.0 Å².